The summed E-state index contributed by atoms with van der Waals surface area (Å²) >= 11 is 0. The summed E-state index contributed by atoms with van der Waals surface area (Å²) in [7, 11) is 0. The van der Waals surface area contributed by atoms with E-state index >= 15 is 0 Å². The van der Waals surface area contributed by atoms with Gasteiger partial charge >= 0.3 is 0 Å². The van der Waals surface area contributed by atoms with Crippen molar-refractivity contribution in [3.63, 3.8) is 0 Å². The first-order chi connectivity index (χ1) is 11.2. The zero-order chi connectivity index (χ0) is 15.8. The summed E-state index contributed by atoms with van der Waals surface area (Å²) in [4.78, 5) is 10.4. The highest BCUT2D eigenvalue weighted by Gasteiger charge is 2.19. The summed E-state index contributed by atoms with van der Waals surface area (Å²) in [5, 5.41) is 14.2. The maximum atomic E-state index is 9.72. The summed E-state index contributed by atoms with van der Waals surface area (Å²) in [5.41, 5.74) is 4.01. The Morgan fingerprint density at radius 3 is 3.00 bits per heavy atom. The predicted molar refractivity (Wildman–Crippen MR) is 87.7 cm³/mol. The van der Waals surface area contributed by atoms with Crippen LogP contribution in [-0.4, -0.2) is 36.3 Å². The van der Waals surface area contributed by atoms with Gasteiger partial charge in [-0.2, -0.15) is 5.10 Å². The van der Waals surface area contributed by atoms with Crippen molar-refractivity contribution in [2.75, 3.05) is 6.54 Å². The maximum absolute atomic E-state index is 9.72. The molecule has 2 N–H and O–H groups in total. The second kappa shape index (κ2) is 5.79. The van der Waals surface area contributed by atoms with Crippen LogP contribution in [0.1, 0.15) is 36.7 Å². The van der Waals surface area contributed by atoms with E-state index < -0.39 is 6.10 Å². The zero-order valence-corrected chi connectivity index (χ0v) is 13.2. The lowest BCUT2D eigenvalue weighted by Gasteiger charge is -2.17. The quantitative estimate of drug-likeness (QED) is 0.778. The Morgan fingerprint density at radius 2 is 2.17 bits per heavy atom. The number of aromatic amines is 1. The second-order valence-corrected chi connectivity index (χ2v) is 6.22. The summed E-state index contributed by atoms with van der Waals surface area (Å²) in [6, 6.07) is 10.1. The van der Waals surface area contributed by atoms with Crippen LogP contribution in [0, 0.1) is 0 Å². The van der Waals surface area contributed by atoms with Crippen molar-refractivity contribution in [3.05, 3.63) is 47.5 Å². The lowest BCUT2D eigenvalue weighted by Crippen LogP contribution is -2.23. The maximum Gasteiger partial charge on any atom is 0.121 e. The highest BCUT2D eigenvalue weighted by Crippen LogP contribution is 2.19. The molecule has 0 aliphatic carbocycles. The molecule has 1 atom stereocenters. The molecule has 0 saturated carbocycles. The molecule has 0 saturated heterocycles. The van der Waals surface area contributed by atoms with E-state index in [9.17, 15) is 5.11 Å². The van der Waals surface area contributed by atoms with Crippen molar-refractivity contribution in [1.29, 1.82) is 0 Å². The monoisotopic (exact) mass is 311 g/mol. The minimum Gasteiger partial charge on any atom is -0.387 e. The fourth-order valence-corrected chi connectivity index (χ4v) is 3.18. The number of para-hydroxylation sites is 2. The number of nitrogens with zero attached hydrogens (tertiary/aromatic N) is 4. The van der Waals surface area contributed by atoms with E-state index in [0.29, 0.717) is 0 Å². The normalized spacial score (nSPS) is 17.1. The number of fused-ring (bicyclic) bond motifs is 2. The Balaban J connectivity index is 1.54. The Bertz CT molecular complexity index is 786. The van der Waals surface area contributed by atoms with Crippen LogP contribution in [0.15, 0.2) is 30.3 Å². The van der Waals surface area contributed by atoms with Crippen LogP contribution in [0.25, 0.3) is 11.0 Å². The van der Waals surface area contributed by atoms with Gasteiger partial charge in [-0.3, -0.25) is 9.58 Å². The van der Waals surface area contributed by atoms with Crippen LogP contribution in [0.2, 0.25) is 0 Å². The SMILES string of the molecule is C[C@@H](O)c1cc2n(n1)CCCN(Cc1nc3ccccc3[nH]1)C2. The average Bonchev–Trinajstić information content (AvgIpc) is 3.06. The van der Waals surface area contributed by atoms with Crippen LogP contribution in [0.4, 0.5) is 0 Å². The molecule has 1 aromatic carbocycles. The molecule has 4 rings (SSSR count). The molecule has 2 aromatic heterocycles. The lowest BCUT2D eigenvalue weighted by atomic mass is 10.2. The van der Waals surface area contributed by atoms with Crippen LogP contribution >= 0.6 is 0 Å². The number of H-pyrrole nitrogens is 1. The Morgan fingerprint density at radius 1 is 1.30 bits per heavy atom. The fraction of sp³-hybridized carbons (Fsp3) is 0.412. The molecule has 6 nitrogen and oxygen atoms in total. The van der Waals surface area contributed by atoms with Gasteiger partial charge in [-0.15, -0.1) is 0 Å². The number of hydrogen-bond acceptors (Lipinski definition) is 4. The number of aliphatic hydroxyl groups is 1. The predicted octanol–water partition coefficient (Wildman–Crippen LogP) is 2.22. The third-order valence-electron chi connectivity index (χ3n) is 4.35. The molecular weight excluding hydrogens is 290 g/mol. The minimum atomic E-state index is -0.516. The number of aryl methyl sites for hydroxylation is 1. The molecule has 1 aliphatic heterocycles. The van der Waals surface area contributed by atoms with Crippen LogP contribution in [-0.2, 0) is 19.6 Å². The molecule has 0 unspecified atom stereocenters. The van der Waals surface area contributed by atoms with E-state index in [0.717, 1.165) is 60.8 Å². The molecule has 0 radical (unpaired) electrons. The molecule has 1 aliphatic rings. The highest BCUT2D eigenvalue weighted by molar-refractivity contribution is 5.74. The Hall–Kier alpha value is -2.18. The molecule has 0 bridgehead atoms. The van der Waals surface area contributed by atoms with E-state index in [1.54, 1.807) is 6.92 Å². The third kappa shape index (κ3) is 2.87. The first kappa shape index (κ1) is 14.4. The number of imidazole rings is 1. The van der Waals surface area contributed by atoms with Crippen LogP contribution < -0.4 is 0 Å². The molecule has 6 heteroatoms. The van der Waals surface area contributed by atoms with Gasteiger partial charge in [-0.25, -0.2) is 4.98 Å². The third-order valence-corrected chi connectivity index (χ3v) is 4.35. The van der Waals surface area contributed by atoms with Crippen molar-refractivity contribution < 1.29 is 5.11 Å². The molecular formula is C17H21N5O. The van der Waals surface area contributed by atoms with Gasteiger partial charge in [0.15, 0.2) is 0 Å². The first-order valence-electron chi connectivity index (χ1n) is 8.10. The van der Waals surface area contributed by atoms with Gasteiger partial charge in [0.05, 0.1) is 35.1 Å². The van der Waals surface area contributed by atoms with E-state index in [2.05, 4.69) is 26.0 Å². The number of rotatable bonds is 3. The van der Waals surface area contributed by atoms with Gasteiger partial charge in [-0.05, 0) is 31.5 Å². The molecule has 0 fully saturated rings. The number of aliphatic hydroxyl groups excluding tert-OH is 1. The summed E-state index contributed by atoms with van der Waals surface area (Å²) in [6.07, 6.45) is 0.534. The molecule has 3 aromatic rings. The van der Waals surface area contributed by atoms with Crippen molar-refractivity contribution in [2.45, 2.75) is 39.1 Å². The number of benzene rings is 1. The van der Waals surface area contributed by atoms with Crippen LogP contribution in [0.5, 0.6) is 0 Å². The van der Waals surface area contributed by atoms with Crippen molar-refractivity contribution >= 4 is 11.0 Å². The van der Waals surface area contributed by atoms with Gasteiger partial charge in [-0.1, -0.05) is 12.1 Å². The number of nitrogens with one attached hydrogen (secondary N) is 1. The van der Waals surface area contributed by atoms with Gasteiger partial charge in [0.25, 0.3) is 0 Å². The van der Waals surface area contributed by atoms with Gasteiger partial charge in [0.1, 0.15) is 5.82 Å². The Labute approximate surface area is 134 Å². The highest BCUT2D eigenvalue weighted by atomic mass is 16.3. The second-order valence-electron chi connectivity index (χ2n) is 6.22. The standard InChI is InChI=1S/C17H21N5O/c1-12(23)16-9-13-10-21(7-4-8-22(13)20-16)11-17-18-14-5-2-3-6-15(14)19-17/h2-3,5-6,9,12,23H,4,7-8,10-11H2,1H3,(H,18,19)/t12-/m1/s1. The van der Waals surface area contributed by atoms with Gasteiger partial charge in [0, 0.05) is 19.6 Å². The molecule has 3 heterocycles. The largest absolute Gasteiger partial charge is 0.387 e. The van der Waals surface area contributed by atoms with E-state index in [1.807, 2.05) is 28.9 Å². The molecule has 120 valence electrons. The van der Waals surface area contributed by atoms with Gasteiger partial charge in [0.2, 0.25) is 0 Å². The Kier molecular flexibility index (Phi) is 3.63. The zero-order valence-electron chi connectivity index (χ0n) is 13.2. The lowest BCUT2D eigenvalue weighted by molar-refractivity contribution is 0.193. The number of aromatic nitrogens is 4. The number of hydrogen-bond donors (Lipinski definition) is 2. The van der Waals surface area contributed by atoms with Crippen molar-refractivity contribution in [2.24, 2.45) is 0 Å². The molecule has 0 amide bonds. The van der Waals surface area contributed by atoms with E-state index in [-0.39, 0.29) is 0 Å². The first-order valence-corrected chi connectivity index (χ1v) is 8.10. The van der Waals surface area contributed by atoms with Crippen LogP contribution in [0.3, 0.4) is 0 Å². The molecule has 23 heavy (non-hydrogen) atoms. The fourth-order valence-electron chi connectivity index (χ4n) is 3.18. The average molecular weight is 311 g/mol. The summed E-state index contributed by atoms with van der Waals surface area (Å²) in [6.45, 7) is 5.30. The minimum absolute atomic E-state index is 0.516. The van der Waals surface area contributed by atoms with E-state index in [4.69, 9.17) is 0 Å². The summed E-state index contributed by atoms with van der Waals surface area (Å²) < 4.78 is 2.03. The molecule has 0 spiro atoms. The van der Waals surface area contributed by atoms with Crippen molar-refractivity contribution in [3.8, 4) is 0 Å². The van der Waals surface area contributed by atoms with Crippen molar-refractivity contribution in [1.82, 2.24) is 24.6 Å². The van der Waals surface area contributed by atoms with E-state index in [1.165, 1.54) is 0 Å². The van der Waals surface area contributed by atoms with Gasteiger partial charge < -0.3 is 10.1 Å². The summed E-state index contributed by atoms with van der Waals surface area (Å²) in [5.74, 6) is 0.995. The smallest absolute Gasteiger partial charge is 0.121 e. The topological polar surface area (TPSA) is 70.0 Å².